The fourth-order valence-corrected chi connectivity index (χ4v) is 11.2. The third-order valence-corrected chi connectivity index (χ3v) is 13.6. The molecule has 2 N–H and O–H groups in total. The Hall–Kier alpha value is 0.0738. The third kappa shape index (κ3) is 8.11. The van der Waals surface area contributed by atoms with E-state index in [-0.39, 0.29) is 0 Å². The Morgan fingerprint density at radius 3 is 1.26 bits per heavy atom. The second-order valence-corrected chi connectivity index (χ2v) is 14.8. The number of nitrogens with one attached hydrogen (secondary N) is 2. The van der Waals surface area contributed by atoms with Gasteiger partial charge in [0.25, 0.3) is 0 Å². The topological polar surface area (TPSA) is 76.7 Å². The Bertz CT molecular complexity index is 446. The predicted molar refractivity (Wildman–Crippen MR) is 127 cm³/mol. The van der Waals surface area contributed by atoms with Gasteiger partial charge in [0.05, 0.1) is 0 Å². The first-order chi connectivity index (χ1) is 14.9. The summed E-state index contributed by atoms with van der Waals surface area (Å²) in [5.41, 5.74) is 0. The van der Waals surface area contributed by atoms with Crippen LogP contribution in [-0.2, 0) is 21.8 Å². The molecule has 2 aliphatic heterocycles. The van der Waals surface area contributed by atoms with Crippen LogP contribution in [0.15, 0.2) is 0 Å². The van der Waals surface area contributed by atoms with E-state index in [2.05, 4.69) is 34.3 Å². The van der Waals surface area contributed by atoms with Crippen molar-refractivity contribution in [2.75, 3.05) is 80.8 Å². The van der Waals surface area contributed by atoms with Gasteiger partial charge in [0.15, 0.2) is 0 Å². The monoisotopic (exact) mass is 478 g/mol. The van der Waals surface area contributed by atoms with Crippen molar-refractivity contribution in [2.45, 2.75) is 50.9 Å². The van der Waals surface area contributed by atoms with E-state index in [1.165, 1.54) is 0 Å². The molecule has 0 aromatic rings. The second-order valence-electron chi connectivity index (χ2n) is 8.63. The van der Waals surface area contributed by atoms with Crippen molar-refractivity contribution < 1.29 is 21.8 Å². The lowest BCUT2D eigenvalue weighted by atomic mass is 10.2. The van der Waals surface area contributed by atoms with Crippen LogP contribution in [0.2, 0.25) is 12.1 Å². The van der Waals surface area contributed by atoms with Gasteiger partial charge < -0.3 is 32.5 Å². The summed E-state index contributed by atoms with van der Waals surface area (Å²) in [6.45, 7) is 13.1. The molecule has 0 bridgehead atoms. The SMILES string of the molecule is CO[Si](CCC(C)N1CCNCC1)(OC)O[Si](CCC(C)N1CCNCC1)(OC)OC. The molecular weight excluding hydrogens is 432 g/mol. The largest absolute Gasteiger partial charge is 0.493 e. The van der Waals surface area contributed by atoms with Gasteiger partial charge >= 0.3 is 17.6 Å². The van der Waals surface area contributed by atoms with E-state index in [1.807, 2.05) is 0 Å². The van der Waals surface area contributed by atoms with Crippen LogP contribution in [0.1, 0.15) is 26.7 Å². The van der Waals surface area contributed by atoms with E-state index in [0.29, 0.717) is 12.1 Å². The lowest BCUT2D eigenvalue weighted by Crippen LogP contribution is -2.58. The average Bonchev–Trinajstić information content (AvgIpc) is 2.85. The van der Waals surface area contributed by atoms with Crippen LogP contribution < -0.4 is 10.6 Å². The molecule has 2 fully saturated rings. The van der Waals surface area contributed by atoms with E-state index in [4.69, 9.17) is 21.8 Å². The molecule has 184 valence electrons. The molecule has 0 amide bonds. The summed E-state index contributed by atoms with van der Waals surface area (Å²) in [5.74, 6) is 0. The lowest BCUT2D eigenvalue weighted by molar-refractivity contribution is 0.0806. The van der Waals surface area contributed by atoms with Crippen LogP contribution in [0.5, 0.6) is 0 Å². The molecule has 2 aliphatic rings. The Morgan fingerprint density at radius 2 is 0.968 bits per heavy atom. The fraction of sp³-hybridized carbons (Fsp3) is 1.00. The van der Waals surface area contributed by atoms with Gasteiger partial charge in [0.2, 0.25) is 0 Å². The summed E-state index contributed by atoms with van der Waals surface area (Å²) in [6.07, 6.45) is 1.92. The second kappa shape index (κ2) is 13.7. The summed E-state index contributed by atoms with van der Waals surface area (Å²) < 4.78 is 30.3. The zero-order chi connectivity index (χ0) is 22.7. The zero-order valence-electron chi connectivity index (χ0n) is 20.6. The molecule has 2 heterocycles. The van der Waals surface area contributed by atoms with Crippen molar-refractivity contribution in [3.05, 3.63) is 0 Å². The standard InChI is InChI=1S/C20H46N4O5Si2/c1-19(23-13-9-21-10-14-23)7-17-30(25-3,26-4)29-31(27-5,28-6)18-8-20(2)24-15-11-22-12-16-24/h19-22H,7-18H2,1-6H3. The van der Waals surface area contributed by atoms with Gasteiger partial charge in [-0.15, -0.1) is 0 Å². The van der Waals surface area contributed by atoms with Crippen LogP contribution >= 0.6 is 0 Å². The van der Waals surface area contributed by atoms with Crippen molar-refractivity contribution in [1.29, 1.82) is 0 Å². The summed E-state index contributed by atoms with van der Waals surface area (Å²) in [5, 5.41) is 6.83. The number of nitrogens with zero attached hydrogens (tertiary/aromatic N) is 2. The van der Waals surface area contributed by atoms with Crippen LogP contribution in [0.3, 0.4) is 0 Å². The Morgan fingerprint density at radius 1 is 0.645 bits per heavy atom. The Balaban J connectivity index is 1.97. The molecule has 0 aromatic heterocycles. The van der Waals surface area contributed by atoms with Crippen LogP contribution in [0, 0.1) is 0 Å². The van der Waals surface area contributed by atoms with Gasteiger partial charge in [-0.25, -0.2) is 0 Å². The normalized spacial score (nSPS) is 21.9. The maximum Gasteiger partial charge on any atom is 0.493 e. The van der Waals surface area contributed by atoms with E-state index in [9.17, 15) is 0 Å². The summed E-state index contributed by atoms with van der Waals surface area (Å²) in [6, 6.07) is 2.41. The molecule has 0 saturated carbocycles. The molecule has 9 nitrogen and oxygen atoms in total. The minimum Gasteiger partial charge on any atom is -0.377 e. The van der Waals surface area contributed by atoms with Crippen molar-refractivity contribution in [1.82, 2.24) is 20.4 Å². The van der Waals surface area contributed by atoms with Gasteiger partial charge in [-0.1, -0.05) is 0 Å². The maximum atomic E-state index is 6.63. The molecule has 31 heavy (non-hydrogen) atoms. The third-order valence-electron chi connectivity index (χ3n) is 6.84. The molecule has 2 saturated heterocycles. The molecular formula is C20H46N4O5Si2. The predicted octanol–water partition coefficient (Wildman–Crippen LogP) is 0.834. The summed E-state index contributed by atoms with van der Waals surface area (Å²) >= 11 is 0. The minimum atomic E-state index is -2.91. The highest BCUT2D eigenvalue weighted by atomic mass is 28.5. The minimum absolute atomic E-state index is 0.455. The van der Waals surface area contributed by atoms with Gasteiger partial charge in [0, 0.05) is 105 Å². The Kier molecular flexibility index (Phi) is 12.1. The van der Waals surface area contributed by atoms with Crippen molar-refractivity contribution in [3.63, 3.8) is 0 Å². The first kappa shape index (κ1) is 27.3. The maximum absolute atomic E-state index is 6.63. The van der Waals surface area contributed by atoms with Gasteiger partial charge in [-0.2, -0.15) is 0 Å². The van der Waals surface area contributed by atoms with E-state index >= 15 is 0 Å². The summed E-state index contributed by atoms with van der Waals surface area (Å²) in [4.78, 5) is 5.04. The lowest BCUT2D eigenvalue weighted by Gasteiger charge is -2.39. The number of hydrogen-bond acceptors (Lipinski definition) is 9. The molecule has 0 spiro atoms. The first-order valence-corrected chi connectivity index (χ1v) is 15.6. The highest BCUT2D eigenvalue weighted by Crippen LogP contribution is 2.28. The first-order valence-electron chi connectivity index (χ1n) is 11.7. The van der Waals surface area contributed by atoms with Crippen molar-refractivity contribution in [3.8, 4) is 0 Å². The fourth-order valence-electron chi connectivity index (χ4n) is 4.46. The van der Waals surface area contributed by atoms with Crippen LogP contribution in [-0.4, -0.2) is 120 Å². The summed E-state index contributed by atoms with van der Waals surface area (Å²) in [7, 11) is 0.948. The quantitative estimate of drug-likeness (QED) is 0.353. The molecule has 2 atom stereocenters. The van der Waals surface area contributed by atoms with Crippen LogP contribution in [0.25, 0.3) is 0 Å². The molecule has 0 aliphatic carbocycles. The van der Waals surface area contributed by atoms with E-state index in [1.54, 1.807) is 28.4 Å². The van der Waals surface area contributed by atoms with E-state index in [0.717, 1.165) is 77.3 Å². The highest BCUT2D eigenvalue weighted by molar-refractivity contribution is 6.75. The van der Waals surface area contributed by atoms with Gasteiger partial charge in [-0.3, -0.25) is 9.80 Å². The van der Waals surface area contributed by atoms with Crippen molar-refractivity contribution in [2.24, 2.45) is 0 Å². The zero-order valence-corrected chi connectivity index (χ0v) is 22.6. The van der Waals surface area contributed by atoms with Crippen molar-refractivity contribution >= 4 is 17.6 Å². The van der Waals surface area contributed by atoms with Gasteiger partial charge in [0.1, 0.15) is 0 Å². The van der Waals surface area contributed by atoms with Gasteiger partial charge in [-0.05, 0) is 26.7 Å². The molecule has 0 aromatic carbocycles. The molecule has 11 heteroatoms. The number of hydrogen-bond donors (Lipinski definition) is 2. The average molecular weight is 479 g/mol. The number of rotatable bonds is 14. The van der Waals surface area contributed by atoms with Crippen LogP contribution in [0.4, 0.5) is 0 Å². The Labute approximate surface area is 191 Å². The molecule has 0 radical (unpaired) electrons. The van der Waals surface area contributed by atoms with E-state index < -0.39 is 17.6 Å². The number of piperazine rings is 2. The smallest absolute Gasteiger partial charge is 0.377 e. The highest BCUT2D eigenvalue weighted by Gasteiger charge is 2.52. The molecule has 2 rings (SSSR count). The molecule has 2 unspecified atom stereocenters.